The van der Waals surface area contributed by atoms with E-state index in [1.165, 1.54) is 0 Å². The van der Waals surface area contributed by atoms with Gasteiger partial charge in [-0.15, -0.1) is 0 Å². The normalized spacial score (nSPS) is 37.9. The van der Waals surface area contributed by atoms with Crippen molar-refractivity contribution in [1.29, 1.82) is 0 Å². The Hall–Kier alpha value is -0.120. The Bertz CT molecular complexity index is 129. The third-order valence-electron chi connectivity index (χ3n) is 2.43. The van der Waals surface area contributed by atoms with Gasteiger partial charge in [0.25, 0.3) is 0 Å². The van der Waals surface area contributed by atoms with E-state index in [2.05, 4.69) is 6.92 Å². The van der Waals surface area contributed by atoms with Gasteiger partial charge < -0.3 is 15.6 Å². The van der Waals surface area contributed by atoms with Gasteiger partial charge in [0.2, 0.25) is 0 Å². The van der Waals surface area contributed by atoms with Crippen LogP contribution in [-0.2, 0) is 4.74 Å². The van der Waals surface area contributed by atoms with Crippen molar-refractivity contribution in [1.82, 2.24) is 0 Å². The SMILES string of the molecule is CCCC1COCC1(N)CO. The van der Waals surface area contributed by atoms with Gasteiger partial charge in [0.1, 0.15) is 0 Å². The monoisotopic (exact) mass is 159 g/mol. The second-order valence-electron chi connectivity index (χ2n) is 3.39. The highest BCUT2D eigenvalue weighted by Crippen LogP contribution is 2.26. The fraction of sp³-hybridized carbons (Fsp3) is 1.00. The highest BCUT2D eigenvalue weighted by Gasteiger charge is 2.39. The molecule has 1 saturated heterocycles. The zero-order valence-electron chi connectivity index (χ0n) is 7.05. The van der Waals surface area contributed by atoms with Crippen molar-refractivity contribution < 1.29 is 9.84 Å². The fourth-order valence-electron chi connectivity index (χ4n) is 1.57. The molecular weight excluding hydrogens is 142 g/mol. The van der Waals surface area contributed by atoms with Gasteiger partial charge in [-0.3, -0.25) is 0 Å². The van der Waals surface area contributed by atoms with Crippen molar-refractivity contribution in [2.45, 2.75) is 25.3 Å². The highest BCUT2D eigenvalue weighted by molar-refractivity contribution is 4.94. The number of aliphatic hydroxyl groups is 1. The van der Waals surface area contributed by atoms with E-state index in [1.807, 2.05) is 0 Å². The van der Waals surface area contributed by atoms with E-state index in [-0.39, 0.29) is 6.61 Å². The van der Waals surface area contributed by atoms with Crippen molar-refractivity contribution in [2.75, 3.05) is 19.8 Å². The lowest BCUT2D eigenvalue weighted by Gasteiger charge is -2.26. The first-order chi connectivity index (χ1) is 5.23. The summed E-state index contributed by atoms with van der Waals surface area (Å²) in [6.07, 6.45) is 2.16. The lowest BCUT2D eigenvalue weighted by molar-refractivity contribution is 0.139. The Morgan fingerprint density at radius 2 is 2.45 bits per heavy atom. The molecule has 3 nitrogen and oxygen atoms in total. The van der Waals surface area contributed by atoms with Crippen LogP contribution in [0.3, 0.4) is 0 Å². The van der Waals surface area contributed by atoms with Gasteiger partial charge in [-0.2, -0.15) is 0 Å². The van der Waals surface area contributed by atoms with Gasteiger partial charge >= 0.3 is 0 Å². The maximum atomic E-state index is 9.02. The molecule has 0 aromatic rings. The van der Waals surface area contributed by atoms with E-state index in [0.29, 0.717) is 19.1 Å². The molecule has 11 heavy (non-hydrogen) atoms. The average molecular weight is 159 g/mol. The molecule has 0 spiro atoms. The molecule has 66 valence electrons. The van der Waals surface area contributed by atoms with Gasteiger partial charge in [-0.1, -0.05) is 13.3 Å². The number of aliphatic hydroxyl groups excluding tert-OH is 1. The molecule has 1 aliphatic rings. The summed E-state index contributed by atoms with van der Waals surface area (Å²) < 4.78 is 5.23. The molecule has 1 fully saturated rings. The van der Waals surface area contributed by atoms with Crippen LogP contribution in [0.15, 0.2) is 0 Å². The summed E-state index contributed by atoms with van der Waals surface area (Å²) >= 11 is 0. The second-order valence-corrected chi connectivity index (χ2v) is 3.39. The van der Waals surface area contributed by atoms with E-state index >= 15 is 0 Å². The van der Waals surface area contributed by atoms with Crippen molar-refractivity contribution in [3.05, 3.63) is 0 Å². The molecule has 0 radical (unpaired) electrons. The smallest absolute Gasteiger partial charge is 0.0676 e. The van der Waals surface area contributed by atoms with Crippen molar-refractivity contribution in [3.8, 4) is 0 Å². The number of nitrogens with two attached hydrogens (primary N) is 1. The van der Waals surface area contributed by atoms with Crippen LogP contribution in [0.4, 0.5) is 0 Å². The minimum atomic E-state index is -0.462. The number of hydrogen-bond donors (Lipinski definition) is 2. The van der Waals surface area contributed by atoms with Gasteiger partial charge in [-0.05, 0) is 6.42 Å². The van der Waals surface area contributed by atoms with Crippen LogP contribution in [0.25, 0.3) is 0 Å². The third-order valence-corrected chi connectivity index (χ3v) is 2.43. The number of ether oxygens (including phenoxy) is 1. The van der Waals surface area contributed by atoms with E-state index < -0.39 is 5.54 Å². The first kappa shape index (κ1) is 8.97. The Morgan fingerprint density at radius 1 is 1.73 bits per heavy atom. The summed E-state index contributed by atoms with van der Waals surface area (Å²) in [5, 5.41) is 9.02. The molecule has 3 heteroatoms. The second kappa shape index (κ2) is 3.52. The van der Waals surface area contributed by atoms with E-state index in [1.54, 1.807) is 0 Å². The molecule has 0 aromatic carbocycles. The summed E-state index contributed by atoms with van der Waals surface area (Å²) in [7, 11) is 0. The van der Waals surface area contributed by atoms with Crippen LogP contribution < -0.4 is 5.73 Å². The molecule has 1 aliphatic heterocycles. The van der Waals surface area contributed by atoms with Gasteiger partial charge in [0.05, 0.1) is 25.4 Å². The fourth-order valence-corrected chi connectivity index (χ4v) is 1.57. The molecule has 1 heterocycles. The van der Waals surface area contributed by atoms with Gasteiger partial charge in [0.15, 0.2) is 0 Å². The number of hydrogen-bond acceptors (Lipinski definition) is 3. The molecule has 0 bridgehead atoms. The lowest BCUT2D eigenvalue weighted by atomic mass is 9.86. The molecular formula is C8H17NO2. The van der Waals surface area contributed by atoms with Gasteiger partial charge in [0, 0.05) is 5.92 Å². The molecule has 1 rings (SSSR count). The minimum Gasteiger partial charge on any atom is -0.394 e. The maximum absolute atomic E-state index is 9.02. The van der Waals surface area contributed by atoms with Crippen molar-refractivity contribution >= 4 is 0 Å². The molecule has 2 atom stereocenters. The Kier molecular flexibility index (Phi) is 2.87. The maximum Gasteiger partial charge on any atom is 0.0676 e. The first-order valence-electron chi connectivity index (χ1n) is 4.20. The van der Waals surface area contributed by atoms with E-state index in [4.69, 9.17) is 15.6 Å². The Labute approximate surface area is 67.5 Å². The van der Waals surface area contributed by atoms with Crippen LogP contribution in [0, 0.1) is 5.92 Å². The van der Waals surface area contributed by atoms with Crippen LogP contribution in [0.1, 0.15) is 19.8 Å². The predicted octanol–water partition coefficient (Wildman–Crippen LogP) is 0.123. The van der Waals surface area contributed by atoms with Crippen LogP contribution in [0.2, 0.25) is 0 Å². The van der Waals surface area contributed by atoms with Crippen LogP contribution >= 0.6 is 0 Å². The molecule has 0 aliphatic carbocycles. The highest BCUT2D eigenvalue weighted by atomic mass is 16.5. The summed E-state index contributed by atoms with van der Waals surface area (Å²) in [6, 6.07) is 0. The Morgan fingerprint density at radius 3 is 3.00 bits per heavy atom. The van der Waals surface area contributed by atoms with E-state index in [0.717, 1.165) is 12.8 Å². The standard InChI is InChI=1S/C8H17NO2/c1-2-3-7-4-11-6-8(7,9)5-10/h7,10H,2-6,9H2,1H3. The first-order valence-corrected chi connectivity index (χ1v) is 4.20. The van der Waals surface area contributed by atoms with Crippen LogP contribution in [-0.4, -0.2) is 30.5 Å². The zero-order chi connectivity index (χ0) is 8.32. The summed E-state index contributed by atoms with van der Waals surface area (Å²) in [5.41, 5.74) is 5.45. The average Bonchev–Trinajstić information content (AvgIpc) is 2.35. The van der Waals surface area contributed by atoms with Crippen molar-refractivity contribution in [2.24, 2.45) is 11.7 Å². The Balaban J connectivity index is 2.49. The lowest BCUT2D eigenvalue weighted by Crippen LogP contribution is -2.50. The van der Waals surface area contributed by atoms with E-state index in [9.17, 15) is 0 Å². The third kappa shape index (κ3) is 1.72. The molecule has 0 aromatic heterocycles. The summed E-state index contributed by atoms with van der Waals surface area (Å²) in [5.74, 6) is 0.345. The molecule has 0 saturated carbocycles. The largest absolute Gasteiger partial charge is 0.394 e. The zero-order valence-corrected chi connectivity index (χ0v) is 7.05. The molecule has 2 unspecified atom stereocenters. The van der Waals surface area contributed by atoms with Gasteiger partial charge in [-0.25, -0.2) is 0 Å². The summed E-state index contributed by atoms with van der Waals surface area (Å²) in [4.78, 5) is 0. The topological polar surface area (TPSA) is 55.5 Å². The number of rotatable bonds is 3. The summed E-state index contributed by atoms with van der Waals surface area (Å²) in [6.45, 7) is 3.38. The quantitative estimate of drug-likeness (QED) is 0.615. The van der Waals surface area contributed by atoms with Crippen molar-refractivity contribution in [3.63, 3.8) is 0 Å². The predicted molar refractivity (Wildman–Crippen MR) is 43.2 cm³/mol. The van der Waals surface area contributed by atoms with Crippen LogP contribution in [0.5, 0.6) is 0 Å². The molecule has 3 N–H and O–H groups in total. The molecule has 0 amide bonds. The minimum absolute atomic E-state index is 0.0394.